The lowest BCUT2D eigenvalue weighted by atomic mass is 9.93. The molecule has 1 aromatic carbocycles. The molecule has 0 saturated heterocycles. The van der Waals surface area contributed by atoms with Gasteiger partial charge in [0.1, 0.15) is 0 Å². The Kier molecular flexibility index (Phi) is 5.65. The Morgan fingerprint density at radius 3 is 1.89 bits per heavy atom. The molecule has 0 spiro atoms. The van der Waals surface area contributed by atoms with Crippen LogP contribution in [0.4, 0.5) is 0 Å². The summed E-state index contributed by atoms with van der Waals surface area (Å²) in [7, 11) is -2.30. The zero-order chi connectivity index (χ0) is 13.9. The van der Waals surface area contributed by atoms with E-state index in [9.17, 15) is 8.42 Å². The second-order valence-corrected chi connectivity index (χ2v) is 6.97. The fraction of sp³-hybridized carbons (Fsp3) is 0.500. The van der Waals surface area contributed by atoms with Crippen molar-refractivity contribution >= 4 is 21.6 Å². The van der Waals surface area contributed by atoms with Gasteiger partial charge in [0.2, 0.25) is 0 Å². The van der Waals surface area contributed by atoms with E-state index in [0.717, 1.165) is 5.56 Å². The summed E-state index contributed by atoms with van der Waals surface area (Å²) in [6.45, 7) is 2.20. The van der Waals surface area contributed by atoms with Gasteiger partial charge in [0, 0.05) is 40.8 Å². The van der Waals surface area contributed by atoms with Gasteiger partial charge in [-0.25, -0.2) is 0 Å². The topological polar surface area (TPSA) is 86.2 Å². The Morgan fingerprint density at radius 1 is 1.17 bits per heavy atom. The van der Waals surface area contributed by atoms with Gasteiger partial charge in [0.25, 0.3) is 0 Å². The summed E-state index contributed by atoms with van der Waals surface area (Å²) in [6.07, 6.45) is 3.21. The molecule has 18 heavy (non-hydrogen) atoms. The van der Waals surface area contributed by atoms with Crippen LogP contribution in [-0.2, 0) is 21.6 Å². The first kappa shape index (κ1) is 15.5. The number of benzene rings is 1. The van der Waals surface area contributed by atoms with Crippen LogP contribution >= 0.6 is 0 Å². The van der Waals surface area contributed by atoms with E-state index in [1.165, 1.54) is 0 Å². The van der Waals surface area contributed by atoms with Gasteiger partial charge >= 0.3 is 0 Å². The van der Waals surface area contributed by atoms with Crippen LogP contribution in [0.15, 0.2) is 28.0 Å². The van der Waals surface area contributed by atoms with E-state index < -0.39 is 21.6 Å². The Balaban J connectivity index is 3.53. The van der Waals surface area contributed by atoms with Gasteiger partial charge in [-0.3, -0.25) is 8.42 Å². The summed E-state index contributed by atoms with van der Waals surface area (Å²) in [4.78, 5) is 1.35. The number of hydrogen-bond donors (Lipinski definition) is 2. The first-order chi connectivity index (χ1) is 8.40. The largest absolute Gasteiger partial charge is 0.330 e. The molecular weight excluding hydrogens is 268 g/mol. The lowest BCUT2D eigenvalue weighted by molar-refractivity contribution is 0.558. The Hall–Kier alpha value is -0.560. The van der Waals surface area contributed by atoms with Crippen molar-refractivity contribution in [3.63, 3.8) is 0 Å². The molecule has 1 rings (SSSR count). The zero-order valence-electron chi connectivity index (χ0n) is 10.9. The predicted octanol–water partition coefficient (Wildman–Crippen LogP) is 0.551. The molecule has 0 aliphatic heterocycles. The minimum absolute atomic E-state index is 0.135. The Labute approximate surface area is 113 Å². The third kappa shape index (κ3) is 3.26. The minimum Gasteiger partial charge on any atom is -0.330 e. The summed E-state index contributed by atoms with van der Waals surface area (Å²) in [5.74, 6) is -0.135. The van der Waals surface area contributed by atoms with Crippen LogP contribution in [-0.4, -0.2) is 33.5 Å². The molecule has 0 aromatic heterocycles. The fourth-order valence-electron chi connectivity index (χ4n) is 1.99. The van der Waals surface area contributed by atoms with Crippen LogP contribution in [0.25, 0.3) is 0 Å². The zero-order valence-corrected chi connectivity index (χ0v) is 12.5. The average molecular weight is 288 g/mol. The van der Waals surface area contributed by atoms with Gasteiger partial charge in [-0.2, -0.15) is 0 Å². The smallest absolute Gasteiger partial charge is 0.0501 e. The van der Waals surface area contributed by atoms with Crippen molar-refractivity contribution in [1.82, 2.24) is 0 Å². The lowest BCUT2D eigenvalue weighted by Gasteiger charge is -2.24. The average Bonchev–Trinajstić information content (AvgIpc) is 2.28. The normalized spacial score (nSPS) is 18.1. The molecule has 4 N–H and O–H groups in total. The van der Waals surface area contributed by atoms with E-state index in [1.54, 1.807) is 30.7 Å². The first-order valence-electron chi connectivity index (χ1n) is 5.65. The molecule has 0 fully saturated rings. The number of hydrogen-bond acceptors (Lipinski definition) is 4. The standard InChI is InChI=1S/C12H20N2O2S2/c1-8(14)9(7-13)12-10(17(2)15)5-4-6-11(12)18(3)16/h4-6,8-9H,7,13-14H2,1-3H3. The van der Waals surface area contributed by atoms with Crippen molar-refractivity contribution in [3.05, 3.63) is 23.8 Å². The van der Waals surface area contributed by atoms with Crippen molar-refractivity contribution in [2.24, 2.45) is 11.5 Å². The van der Waals surface area contributed by atoms with Crippen molar-refractivity contribution < 1.29 is 8.42 Å². The van der Waals surface area contributed by atoms with Crippen molar-refractivity contribution in [1.29, 1.82) is 0 Å². The van der Waals surface area contributed by atoms with E-state index in [0.29, 0.717) is 16.3 Å². The molecule has 0 bridgehead atoms. The van der Waals surface area contributed by atoms with Crippen LogP contribution in [0, 0.1) is 0 Å². The third-order valence-electron chi connectivity index (χ3n) is 2.90. The highest BCUT2D eigenvalue weighted by atomic mass is 32.2. The van der Waals surface area contributed by atoms with Crippen LogP contribution in [0.5, 0.6) is 0 Å². The van der Waals surface area contributed by atoms with Gasteiger partial charge in [0.15, 0.2) is 0 Å². The second-order valence-electron chi connectivity index (χ2n) is 4.28. The lowest BCUT2D eigenvalue weighted by Crippen LogP contribution is -2.32. The van der Waals surface area contributed by atoms with Crippen LogP contribution in [0.2, 0.25) is 0 Å². The summed E-state index contributed by atoms with van der Waals surface area (Å²) in [5.41, 5.74) is 12.5. The van der Waals surface area contributed by atoms with Gasteiger partial charge in [-0.05, 0) is 24.6 Å². The summed E-state index contributed by atoms with van der Waals surface area (Å²) in [5, 5.41) is 0. The van der Waals surface area contributed by atoms with E-state index in [-0.39, 0.29) is 12.0 Å². The highest BCUT2D eigenvalue weighted by molar-refractivity contribution is 7.85. The summed E-state index contributed by atoms with van der Waals surface area (Å²) >= 11 is 0. The first-order valence-corrected chi connectivity index (χ1v) is 8.77. The molecule has 0 aliphatic rings. The second kappa shape index (κ2) is 6.56. The van der Waals surface area contributed by atoms with Gasteiger partial charge in [-0.15, -0.1) is 0 Å². The van der Waals surface area contributed by atoms with E-state index in [4.69, 9.17) is 11.5 Å². The molecular formula is C12H20N2O2S2. The highest BCUT2D eigenvalue weighted by Gasteiger charge is 2.24. The van der Waals surface area contributed by atoms with E-state index >= 15 is 0 Å². The number of rotatable bonds is 5. The Bertz CT molecular complexity index is 443. The molecule has 102 valence electrons. The van der Waals surface area contributed by atoms with Crippen LogP contribution in [0.3, 0.4) is 0 Å². The molecule has 0 amide bonds. The quantitative estimate of drug-likeness (QED) is 0.828. The molecule has 4 nitrogen and oxygen atoms in total. The maximum Gasteiger partial charge on any atom is 0.0501 e. The van der Waals surface area contributed by atoms with Gasteiger partial charge in [0.05, 0.1) is 21.6 Å². The predicted molar refractivity (Wildman–Crippen MR) is 76.6 cm³/mol. The van der Waals surface area contributed by atoms with Crippen molar-refractivity contribution in [2.75, 3.05) is 19.1 Å². The summed E-state index contributed by atoms with van der Waals surface area (Å²) < 4.78 is 23.6. The molecule has 0 radical (unpaired) electrons. The monoisotopic (exact) mass is 288 g/mol. The fourth-order valence-corrected chi connectivity index (χ4v) is 3.73. The highest BCUT2D eigenvalue weighted by Crippen LogP contribution is 2.29. The molecule has 1 aromatic rings. The van der Waals surface area contributed by atoms with Gasteiger partial charge < -0.3 is 11.5 Å². The molecule has 4 unspecified atom stereocenters. The molecule has 0 saturated carbocycles. The van der Waals surface area contributed by atoms with Crippen LogP contribution < -0.4 is 11.5 Å². The van der Waals surface area contributed by atoms with E-state index in [2.05, 4.69) is 0 Å². The van der Waals surface area contributed by atoms with Crippen molar-refractivity contribution in [2.45, 2.75) is 28.7 Å². The SMILES string of the molecule is CC(N)C(CN)c1c(S(C)=O)cccc1S(C)=O. The van der Waals surface area contributed by atoms with Gasteiger partial charge in [-0.1, -0.05) is 6.07 Å². The molecule has 0 heterocycles. The number of nitrogens with two attached hydrogens (primary N) is 2. The molecule has 4 atom stereocenters. The minimum atomic E-state index is -1.15. The third-order valence-corrected chi connectivity index (χ3v) is 4.86. The summed E-state index contributed by atoms with van der Waals surface area (Å²) in [6, 6.07) is 5.16. The Morgan fingerprint density at radius 2 is 1.61 bits per heavy atom. The maximum absolute atomic E-state index is 11.8. The van der Waals surface area contributed by atoms with Crippen molar-refractivity contribution in [3.8, 4) is 0 Å². The molecule has 0 aliphatic carbocycles. The maximum atomic E-state index is 11.8. The molecule has 6 heteroatoms. The van der Waals surface area contributed by atoms with Crippen LogP contribution in [0.1, 0.15) is 18.4 Å². The van der Waals surface area contributed by atoms with E-state index in [1.807, 2.05) is 6.92 Å².